The van der Waals surface area contributed by atoms with Crippen molar-refractivity contribution in [3.05, 3.63) is 102 Å². The molecule has 0 aliphatic carbocycles. The summed E-state index contributed by atoms with van der Waals surface area (Å²) in [5, 5.41) is 5.63. The van der Waals surface area contributed by atoms with Crippen LogP contribution in [-0.2, 0) is 14.4 Å². The highest BCUT2D eigenvalue weighted by Gasteiger charge is 2.36. The molecule has 2 aliphatic heterocycles. The number of carbonyl (C=O) groups excluding carboxylic acids is 3. The smallest absolute Gasteiger partial charge is 0.243 e. The van der Waals surface area contributed by atoms with Gasteiger partial charge in [-0.1, -0.05) is 78.9 Å². The summed E-state index contributed by atoms with van der Waals surface area (Å²) in [6.07, 6.45) is -0.0733. The minimum absolute atomic E-state index is 0.0733. The maximum atomic E-state index is 13.4. The molecule has 202 valence electrons. The van der Waals surface area contributed by atoms with Crippen LogP contribution >= 0.6 is 0 Å². The first-order chi connectivity index (χ1) is 19.1. The molecule has 0 saturated carbocycles. The molecule has 0 bridgehead atoms. The van der Waals surface area contributed by atoms with Gasteiger partial charge in [0, 0.05) is 45.0 Å². The quantitative estimate of drug-likeness (QED) is 0.473. The van der Waals surface area contributed by atoms with E-state index in [2.05, 4.69) is 69.0 Å². The molecular formula is C31H35N5O3. The zero-order valence-electron chi connectivity index (χ0n) is 22.0. The zero-order valence-corrected chi connectivity index (χ0v) is 22.0. The Labute approximate surface area is 229 Å². The normalized spacial score (nSPS) is 18.5. The Kier molecular flexibility index (Phi) is 8.65. The molecule has 8 nitrogen and oxygen atoms in total. The lowest BCUT2D eigenvalue weighted by atomic mass is 9.96. The predicted molar refractivity (Wildman–Crippen MR) is 151 cm³/mol. The number of piperazine rings is 2. The van der Waals surface area contributed by atoms with Gasteiger partial charge in [0.25, 0.3) is 0 Å². The summed E-state index contributed by atoms with van der Waals surface area (Å²) in [5.74, 6) is -0.683. The summed E-state index contributed by atoms with van der Waals surface area (Å²) < 4.78 is 0. The van der Waals surface area contributed by atoms with E-state index in [1.165, 1.54) is 11.1 Å². The van der Waals surface area contributed by atoms with E-state index in [1.54, 1.807) is 17.0 Å². The van der Waals surface area contributed by atoms with Crippen LogP contribution in [0, 0.1) is 0 Å². The molecule has 1 atom stereocenters. The molecule has 39 heavy (non-hydrogen) atoms. The van der Waals surface area contributed by atoms with Crippen molar-refractivity contribution in [2.24, 2.45) is 0 Å². The first-order valence-electron chi connectivity index (χ1n) is 13.6. The second kappa shape index (κ2) is 12.7. The Morgan fingerprint density at radius 3 is 1.95 bits per heavy atom. The minimum atomic E-state index is -0.809. The molecule has 2 aliphatic rings. The summed E-state index contributed by atoms with van der Waals surface area (Å²) >= 11 is 0. The Morgan fingerprint density at radius 2 is 1.36 bits per heavy atom. The van der Waals surface area contributed by atoms with Gasteiger partial charge < -0.3 is 15.5 Å². The Bertz CT molecular complexity index is 1210. The number of rotatable bonds is 8. The third-order valence-corrected chi connectivity index (χ3v) is 7.45. The van der Waals surface area contributed by atoms with Gasteiger partial charge in [-0.3, -0.25) is 24.2 Å². The van der Waals surface area contributed by atoms with Crippen molar-refractivity contribution in [3.8, 4) is 0 Å². The van der Waals surface area contributed by atoms with Gasteiger partial charge in [-0.15, -0.1) is 0 Å². The fraction of sp³-hybridized carbons (Fsp3) is 0.323. The molecule has 3 aromatic rings. The van der Waals surface area contributed by atoms with Gasteiger partial charge in [0.05, 0.1) is 19.0 Å². The van der Waals surface area contributed by atoms with E-state index in [9.17, 15) is 14.4 Å². The van der Waals surface area contributed by atoms with E-state index in [0.717, 1.165) is 26.2 Å². The highest BCUT2D eigenvalue weighted by atomic mass is 16.2. The maximum absolute atomic E-state index is 13.4. The second-order valence-corrected chi connectivity index (χ2v) is 10.0. The van der Waals surface area contributed by atoms with Crippen molar-refractivity contribution in [3.63, 3.8) is 0 Å². The minimum Gasteiger partial charge on any atom is -0.353 e. The number of amides is 3. The number of anilines is 1. The van der Waals surface area contributed by atoms with Gasteiger partial charge in [0.2, 0.25) is 17.7 Å². The Balaban J connectivity index is 1.19. The van der Waals surface area contributed by atoms with E-state index in [0.29, 0.717) is 18.8 Å². The van der Waals surface area contributed by atoms with Crippen LogP contribution in [0.4, 0.5) is 5.69 Å². The summed E-state index contributed by atoms with van der Waals surface area (Å²) in [7, 11) is 0. The van der Waals surface area contributed by atoms with Crippen LogP contribution < -0.4 is 10.6 Å². The lowest BCUT2D eigenvalue weighted by Gasteiger charge is -2.41. The predicted octanol–water partition coefficient (Wildman–Crippen LogP) is 2.75. The van der Waals surface area contributed by atoms with Crippen LogP contribution in [0.3, 0.4) is 0 Å². The molecule has 2 heterocycles. The van der Waals surface area contributed by atoms with Crippen LogP contribution in [-0.4, -0.2) is 84.3 Å². The molecule has 2 fully saturated rings. The molecule has 0 spiro atoms. The van der Waals surface area contributed by atoms with Crippen LogP contribution in [0.15, 0.2) is 91.0 Å². The van der Waals surface area contributed by atoms with E-state index in [-0.39, 0.29) is 36.7 Å². The molecule has 5 rings (SSSR count). The monoisotopic (exact) mass is 525 g/mol. The van der Waals surface area contributed by atoms with Gasteiger partial charge in [-0.25, -0.2) is 0 Å². The van der Waals surface area contributed by atoms with Crippen LogP contribution in [0.25, 0.3) is 0 Å². The largest absolute Gasteiger partial charge is 0.353 e. The van der Waals surface area contributed by atoms with Gasteiger partial charge in [-0.05, 0) is 23.3 Å². The number of nitrogens with zero attached hydrogens (tertiary/aromatic N) is 3. The average molecular weight is 526 g/mol. The van der Waals surface area contributed by atoms with Crippen LogP contribution in [0.2, 0.25) is 0 Å². The van der Waals surface area contributed by atoms with E-state index < -0.39 is 6.04 Å². The molecule has 2 saturated heterocycles. The van der Waals surface area contributed by atoms with Crippen molar-refractivity contribution < 1.29 is 14.4 Å². The average Bonchev–Trinajstić information content (AvgIpc) is 2.97. The summed E-state index contributed by atoms with van der Waals surface area (Å²) in [6, 6.07) is 29.5. The fourth-order valence-electron chi connectivity index (χ4n) is 5.47. The van der Waals surface area contributed by atoms with Crippen molar-refractivity contribution in [1.82, 2.24) is 20.0 Å². The molecule has 0 aromatic heterocycles. The fourth-order valence-corrected chi connectivity index (χ4v) is 5.47. The van der Waals surface area contributed by atoms with Crippen molar-refractivity contribution >= 4 is 23.4 Å². The summed E-state index contributed by atoms with van der Waals surface area (Å²) in [5.41, 5.74) is 3.17. The SMILES string of the molecule is O=C(C[C@@H]1C(=O)NCCN1C(=O)CN1CCN(C(c2ccccc2)c2ccccc2)CC1)Nc1ccccc1. The number of carbonyl (C=O) groups is 3. The van der Waals surface area contributed by atoms with Crippen molar-refractivity contribution in [2.45, 2.75) is 18.5 Å². The third-order valence-electron chi connectivity index (χ3n) is 7.45. The highest BCUT2D eigenvalue weighted by Crippen LogP contribution is 2.29. The zero-order chi connectivity index (χ0) is 27.0. The summed E-state index contributed by atoms with van der Waals surface area (Å²) in [6.45, 7) is 4.18. The lowest BCUT2D eigenvalue weighted by Crippen LogP contribution is -2.60. The van der Waals surface area contributed by atoms with Gasteiger partial charge >= 0.3 is 0 Å². The number of benzene rings is 3. The standard InChI is InChI=1S/C31H35N5O3/c37-28(33-26-14-8-3-9-15-26)22-27-31(39)32-16-17-36(27)29(38)23-34-18-20-35(21-19-34)30(24-10-4-1-5-11-24)25-12-6-2-7-13-25/h1-15,27,30H,16-23H2,(H,32,39)(H,33,37)/t27-/m1/s1. The van der Waals surface area contributed by atoms with Crippen molar-refractivity contribution in [2.75, 3.05) is 51.1 Å². The number of para-hydroxylation sites is 1. The molecule has 3 amide bonds. The van der Waals surface area contributed by atoms with E-state index in [1.807, 2.05) is 30.3 Å². The molecule has 3 aromatic carbocycles. The van der Waals surface area contributed by atoms with Gasteiger partial charge in [0.1, 0.15) is 6.04 Å². The lowest BCUT2D eigenvalue weighted by molar-refractivity contribution is -0.145. The van der Waals surface area contributed by atoms with Crippen LogP contribution in [0.5, 0.6) is 0 Å². The Morgan fingerprint density at radius 1 is 0.795 bits per heavy atom. The first kappa shape index (κ1) is 26.6. The maximum Gasteiger partial charge on any atom is 0.243 e. The van der Waals surface area contributed by atoms with E-state index >= 15 is 0 Å². The highest BCUT2D eigenvalue weighted by molar-refractivity contribution is 5.97. The second-order valence-electron chi connectivity index (χ2n) is 10.0. The molecule has 0 unspecified atom stereocenters. The summed E-state index contributed by atoms with van der Waals surface area (Å²) in [4.78, 5) is 44.9. The van der Waals surface area contributed by atoms with Gasteiger partial charge in [0.15, 0.2) is 0 Å². The van der Waals surface area contributed by atoms with Crippen LogP contribution in [0.1, 0.15) is 23.6 Å². The topological polar surface area (TPSA) is 85.0 Å². The number of hydrogen-bond donors (Lipinski definition) is 2. The first-order valence-corrected chi connectivity index (χ1v) is 13.6. The number of hydrogen-bond acceptors (Lipinski definition) is 5. The number of nitrogens with one attached hydrogen (secondary N) is 2. The molecule has 0 radical (unpaired) electrons. The van der Waals surface area contributed by atoms with Gasteiger partial charge in [-0.2, -0.15) is 0 Å². The third kappa shape index (κ3) is 6.71. The Hall–Kier alpha value is -4.01. The molecule has 2 N–H and O–H groups in total. The molecular weight excluding hydrogens is 490 g/mol. The van der Waals surface area contributed by atoms with Crippen molar-refractivity contribution in [1.29, 1.82) is 0 Å². The van der Waals surface area contributed by atoms with E-state index in [4.69, 9.17) is 0 Å². The molecule has 8 heteroatoms.